The summed E-state index contributed by atoms with van der Waals surface area (Å²) in [5.74, 6) is 0. The largest absolute Gasteiger partial charge is 0.378 e. The quantitative estimate of drug-likeness (QED) is 0.748. The normalized spacial score (nSPS) is 10.7. The summed E-state index contributed by atoms with van der Waals surface area (Å²) >= 11 is 9.55. The Bertz CT molecular complexity index is 744. The third-order valence-electron chi connectivity index (χ3n) is 2.97. The Hall–Kier alpha value is -1.65. The molecule has 0 fully saturated rings. The summed E-state index contributed by atoms with van der Waals surface area (Å²) in [4.78, 5) is 8.73. The number of anilines is 1. The molecule has 0 radical (unpaired) electrons. The molecular weight excluding hydrogens is 338 g/mol. The first kappa shape index (κ1) is 13.3. The van der Waals surface area contributed by atoms with Crippen molar-refractivity contribution in [2.24, 2.45) is 0 Å². The lowest BCUT2D eigenvalue weighted by Gasteiger charge is -2.09. The van der Waals surface area contributed by atoms with E-state index in [1.165, 1.54) is 0 Å². The summed E-state index contributed by atoms with van der Waals surface area (Å²) in [7, 11) is 0. The van der Waals surface area contributed by atoms with E-state index in [4.69, 9.17) is 11.6 Å². The average molecular weight is 349 g/mol. The number of fused-ring (bicyclic) bond motifs is 1. The van der Waals surface area contributed by atoms with Gasteiger partial charge in [0.1, 0.15) is 0 Å². The molecule has 0 bridgehead atoms. The van der Waals surface area contributed by atoms with Crippen LogP contribution >= 0.6 is 27.5 Å². The fraction of sp³-hybridized carbons (Fsp3) is 0.0667. The van der Waals surface area contributed by atoms with Gasteiger partial charge in [0.25, 0.3) is 0 Å². The summed E-state index contributed by atoms with van der Waals surface area (Å²) in [5.41, 5.74) is 2.79. The second kappa shape index (κ2) is 5.77. The van der Waals surface area contributed by atoms with E-state index < -0.39 is 0 Å². The van der Waals surface area contributed by atoms with E-state index in [-0.39, 0.29) is 0 Å². The zero-order chi connectivity index (χ0) is 13.9. The molecular formula is C15H11BrClN3. The van der Waals surface area contributed by atoms with E-state index in [2.05, 4.69) is 31.2 Å². The van der Waals surface area contributed by atoms with E-state index in [1.807, 2.05) is 36.4 Å². The van der Waals surface area contributed by atoms with Crippen LogP contribution in [0.25, 0.3) is 10.9 Å². The molecule has 100 valence electrons. The van der Waals surface area contributed by atoms with Crippen molar-refractivity contribution in [3.05, 3.63) is 64.0 Å². The summed E-state index contributed by atoms with van der Waals surface area (Å²) < 4.78 is 0.972. The lowest BCUT2D eigenvalue weighted by Crippen LogP contribution is -2.02. The highest BCUT2D eigenvalue weighted by Crippen LogP contribution is 2.28. The number of hydrogen-bond acceptors (Lipinski definition) is 3. The van der Waals surface area contributed by atoms with Crippen LogP contribution in [0, 0.1) is 0 Å². The van der Waals surface area contributed by atoms with Gasteiger partial charge in [-0.3, -0.25) is 9.97 Å². The zero-order valence-electron chi connectivity index (χ0n) is 10.5. The molecule has 0 unspecified atom stereocenters. The standard InChI is InChI=1S/C15H11BrClN3/c16-10-3-4-11(19-8-10)9-20-14-6-5-13(17)12-2-1-7-18-15(12)14/h1-8,20H,9H2. The Labute approximate surface area is 130 Å². The van der Waals surface area contributed by atoms with Crippen LogP contribution in [0.2, 0.25) is 5.02 Å². The predicted molar refractivity (Wildman–Crippen MR) is 86.0 cm³/mol. The number of benzene rings is 1. The summed E-state index contributed by atoms with van der Waals surface area (Å²) in [6.07, 6.45) is 3.55. The smallest absolute Gasteiger partial charge is 0.0948 e. The monoisotopic (exact) mass is 347 g/mol. The van der Waals surface area contributed by atoms with Crippen LogP contribution in [0.4, 0.5) is 5.69 Å². The van der Waals surface area contributed by atoms with Gasteiger partial charge in [-0.05, 0) is 52.3 Å². The molecule has 0 spiro atoms. The Kier molecular flexibility index (Phi) is 3.85. The van der Waals surface area contributed by atoms with Gasteiger partial charge in [0, 0.05) is 22.3 Å². The lowest BCUT2D eigenvalue weighted by atomic mass is 10.2. The minimum atomic E-state index is 0.639. The number of halogens is 2. The highest BCUT2D eigenvalue weighted by molar-refractivity contribution is 9.10. The second-order valence-corrected chi connectivity index (χ2v) is 5.64. The van der Waals surface area contributed by atoms with Gasteiger partial charge in [-0.15, -0.1) is 0 Å². The van der Waals surface area contributed by atoms with E-state index >= 15 is 0 Å². The molecule has 0 atom stereocenters. The van der Waals surface area contributed by atoms with Crippen LogP contribution in [0.5, 0.6) is 0 Å². The van der Waals surface area contributed by atoms with Gasteiger partial charge in [-0.1, -0.05) is 11.6 Å². The van der Waals surface area contributed by atoms with Gasteiger partial charge in [0.05, 0.1) is 28.5 Å². The van der Waals surface area contributed by atoms with Crippen molar-refractivity contribution in [1.29, 1.82) is 0 Å². The molecule has 2 aromatic heterocycles. The van der Waals surface area contributed by atoms with Gasteiger partial charge in [0.2, 0.25) is 0 Å². The van der Waals surface area contributed by atoms with Crippen LogP contribution in [0.3, 0.4) is 0 Å². The van der Waals surface area contributed by atoms with Crippen molar-refractivity contribution in [3.8, 4) is 0 Å². The molecule has 0 aliphatic rings. The fourth-order valence-corrected chi connectivity index (χ4v) is 2.43. The van der Waals surface area contributed by atoms with Gasteiger partial charge in [0.15, 0.2) is 0 Å². The predicted octanol–water partition coefficient (Wildman–Crippen LogP) is 4.66. The highest BCUT2D eigenvalue weighted by Gasteiger charge is 2.05. The molecule has 0 aliphatic carbocycles. The third-order valence-corrected chi connectivity index (χ3v) is 3.76. The maximum atomic E-state index is 6.18. The van der Waals surface area contributed by atoms with Crippen LogP contribution < -0.4 is 5.32 Å². The molecule has 1 aromatic carbocycles. The Morgan fingerprint density at radius 3 is 2.80 bits per heavy atom. The first-order chi connectivity index (χ1) is 9.74. The van der Waals surface area contributed by atoms with Gasteiger partial charge in [-0.25, -0.2) is 0 Å². The molecule has 3 nitrogen and oxygen atoms in total. The minimum absolute atomic E-state index is 0.639. The van der Waals surface area contributed by atoms with Crippen LogP contribution in [-0.2, 0) is 6.54 Å². The minimum Gasteiger partial charge on any atom is -0.378 e. The molecule has 3 aromatic rings. The number of rotatable bonds is 3. The highest BCUT2D eigenvalue weighted by atomic mass is 79.9. The number of hydrogen-bond donors (Lipinski definition) is 1. The molecule has 0 aliphatic heterocycles. The summed E-state index contributed by atoms with van der Waals surface area (Å²) in [5, 5.41) is 5.01. The van der Waals surface area contributed by atoms with Crippen LogP contribution in [0.1, 0.15) is 5.69 Å². The third kappa shape index (κ3) is 2.76. The van der Waals surface area contributed by atoms with Crippen molar-refractivity contribution < 1.29 is 0 Å². The molecule has 5 heteroatoms. The van der Waals surface area contributed by atoms with Gasteiger partial charge < -0.3 is 5.32 Å². The Morgan fingerprint density at radius 1 is 1.10 bits per heavy atom. The number of pyridine rings is 2. The van der Waals surface area contributed by atoms with Crippen molar-refractivity contribution in [2.75, 3.05) is 5.32 Å². The molecule has 0 saturated heterocycles. The average Bonchev–Trinajstić information content (AvgIpc) is 2.49. The molecule has 1 N–H and O–H groups in total. The SMILES string of the molecule is Clc1ccc(NCc2ccc(Br)cn2)c2ncccc12. The van der Waals surface area contributed by atoms with E-state index in [9.17, 15) is 0 Å². The number of nitrogens with zero attached hydrogens (tertiary/aromatic N) is 2. The number of aromatic nitrogens is 2. The van der Waals surface area contributed by atoms with Crippen molar-refractivity contribution in [2.45, 2.75) is 6.54 Å². The van der Waals surface area contributed by atoms with Crippen molar-refractivity contribution in [3.63, 3.8) is 0 Å². The summed E-state index contributed by atoms with van der Waals surface area (Å²) in [6, 6.07) is 11.6. The molecule has 0 amide bonds. The van der Waals surface area contributed by atoms with E-state index in [0.29, 0.717) is 11.6 Å². The van der Waals surface area contributed by atoms with Crippen molar-refractivity contribution >= 4 is 44.1 Å². The van der Waals surface area contributed by atoms with Crippen molar-refractivity contribution in [1.82, 2.24) is 9.97 Å². The Morgan fingerprint density at radius 2 is 2.00 bits per heavy atom. The van der Waals surface area contributed by atoms with Gasteiger partial charge in [-0.2, -0.15) is 0 Å². The molecule has 2 heterocycles. The van der Waals surface area contributed by atoms with E-state index in [1.54, 1.807) is 12.4 Å². The molecule has 3 rings (SSSR count). The maximum Gasteiger partial charge on any atom is 0.0948 e. The first-order valence-electron chi connectivity index (χ1n) is 6.11. The molecule has 20 heavy (non-hydrogen) atoms. The molecule has 0 saturated carbocycles. The first-order valence-corrected chi connectivity index (χ1v) is 7.29. The van der Waals surface area contributed by atoms with Crippen LogP contribution in [-0.4, -0.2) is 9.97 Å². The van der Waals surface area contributed by atoms with Crippen LogP contribution in [0.15, 0.2) is 53.3 Å². The lowest BCUT2D eigenvalue weighted by molar-refractivity contribution is 1.04. The summed E-state index contributed by atoms with van der Waals surface area (Å²) in [6.45, 7) is 0.639. The van der Waals surface area contributed by atoms with E-state index in [0.717, 1.165) is 26.8 Å². The maximum absolute atomic E-state index is 6.18. The zero-order valence-corrected chi connectivity index (χ0v) is 12.8. The number of nitrogens with one attached hydrogen (secondary N) is 1. The second-order valence-electron chi connectivity index (χ2n) is 4.32. The fourth-order valence-electron chi connectivity index (χ4n) is 1.98. The Balaban J connectivity index is 1.88. The van der Waals surface area contributed by atoms with Gasteiger partial charge >= 0.3 is 0 Å². The topological polar surface area (TPSA) is 37.8 Å².